The number of nitrogens with zero attached hydrogens (tertiary/aromatic N) is 5. The highest BCUT2D eigenvalue weighted by molar-refractivity contribution is 5.95. The van der Waals surface area contributed by atoms with Crippen LogP contribution >= 0.6 is 0 Å². The molecule has 0 amide bonds. The van der Waals surface area contributed by atoms with Crippen molar-refractivity contribution in [2.24, 2.45) is 11.3 Å². The van der Waals surface area contributed by atoms with Crippen LogP contribution in [-0.2, 0) is 6.18 Å². The molecule has 0 saturated carbocycles. The second-order valence-electron chi connectivity index (χ2n) is 13.3. The third kappa shape index (κ3) is 5.92. The summed E-state index contributed by atoms with van der Waals surface area (Å²) in [6.45, 7) is 7.50. The van der Waals surface area contributed by atoms with Gasteiger partial charge in [-0.3, -0.25) is 4.39 Å². The van der Waals surface area contributed by atoms with Gasteiger partial charge >= 0.3 is 12.2 Å². The van der Waals surface area contributed by atoms with Gasteiger partial charge in [-0.15, -0.1) is 0 Å². The summed E-state index contributed by atoms with van der Waals surface area (Å²) in [6.07, 6.45) is -2.63. The zero-order chi connectivity index (χ0) is 33.8. The third-order valence-electron chi connectivity index (χ3n) is 10.1. The van der Waals surface area contributed by atoms with Crippen LogP contribution in [0.1, 0.15) is 49.8 Å². The van der Waals surface area contributed by atoms with Gasteiger partial charge in [0, 0.05) is 48.1 Å². The number of piperazine rings is 1. The molecular weight excluding hydrogens is 624 g/mol. The van der Waals surface area contributed by atoms with Crippen LogP contribution in [0.3, 0.4) is 0 Å². The van der Waals surface area contributed by atoms with E-state index in [1.165, 1.54) is 0 Å². The molecule has 1 aromatic heterocycles. The van der Waals surface area contributed by atoms with Gasteiger partial charge in [-0.25, -0.2) is 8.78 Å². The summed E-state index contributed by atoms with van der Waals surface area (Å²) >= 11 is 0. The smallest absolute Gasteiger partial charge is 0.417 e. The van der Waals surface area contributed by atoms with Crippen LogP contribution in [-0.4, -0.2) is 73.0 Å². The third-order valence-corrected chi connectivity index (χ3v) is 10.1. The standard InChI is InChI=1S/C33H37F6N7O/c1-4-45-8-7-18(11-34)32(3,15-45)16-47-31-43-29-21(30(44-31)46-13-19-5-6-20(14-46)42-19)10-23(35)26(28(29)36)25-22(12-40)24(41)9-17(2)27(25)33(37,38)39/h9-10,18-20,42H,4-8,11,13-16,41H2,1-3H3/t18-,19-,20+,32+/m1/s1. The van der Waals surface area contributed by atoms with Gasteiger partial charge < -0.3 is 25.6 Å². The van der Waals surface area contributed by atoms with Gasteiger partial charge in [-0.2, -0.15) is 28.4 Å². The molecular formula is C33H37F6N7O. The van der Waals surface area contributed by atoms with Gasteiger partial charge in [0.1, 0.15) is 23.2 Å². The summed E-state index contributed by atoms with van der Waals surface area (Å²) in [5.74, 6) is -2.84. The molecule has 8 nitrogen and oxygen atoms in total. The summed E-state index contributed by atoms with van der Waals surface area (Å²) in [7, 11) is 0. The minimum absolute atomic E-state index is 0.00325. The molecule has 0 unspecified atom stereocenters. The van der Waals surface area contributed by atoms with Crippen LogP contribution in [0.2, 0.25) is 0 Å². The number of anilines is 2. The number of alkyl halides is 4. The molecule has 0 radical (unpaired) electrons. The molecule has 3 aliphatic rings. The number of halogens is 6. The topological polar surface area (TPSA) is 103 Å². The van der Waals surface area contributed by atoms with E-state index in [0.717, 1.165) is 45.0 Å². The fourth-order valence-corrected chi connectivity index (χ4v) is 7.58. The highest BCUT2D eigenvalue weighted by atomic mass is 19.4. The SMILES string of the molecule is CCN1CC[C@H](CF)[C@](C)(COc2nc(N3C[C@H]4CC[C@@H](C3)N4)c3cc(F)c(-c4c(C#N)c(N)cc(C)c4C(F)(F)F)c(F)c3n2)C1. The molecule has 2 aromatic carbocycles. The quantitative estimate of drug-likeness (QED) is 0.235. The molecule has 3 saturated heterocycles. The van der Waals surface area contributed by atoms with E-state index in [2.05, 4.69) is 20.2 Å². The molecule has 3 fully saturated rings. The first-order valence-electron chi connectivity index (χ1n) is 15.8. The molecule has 6 rings (SSSR count). The van der Waals surface area contributed by atoms with E-state index in [4.69, 9.17) is 10.5 Å². The first-order valence-corrected chi connectivity index (χ1v) is 15.8. The van der Waals surface area contributed by atoms with Crippen LogP contribution in [0.25, 0.3) is 22.0 Å². The number of nitrogens with one attached hydrogen (secondary N) is 1. The maximum atomic E-state index is 16.7. The number of nitrogens with two attached hydrogens (primary N) is 1. The number of nitriles is 1. The van der Waals surface area contributed by atoms with Crippen molar-refractivity contribution in [2.45, 2.75) is 58.3 Å². The maximum absolute atomic E-state index is 16.7. The summed E-state index contributed by atoms with van der Waals surface area (Å²) < 4.78 is 96.3. The fourth-order valence-electron chi connectivity index (χ4n) is 7.58. The zero-order valence-corrected chi connectivity index (χ0v) is 26.4. The maximum Gasteiger partial charge on any atom is 0.417 e. The Morgan fingerprint density at radius 2 is 1.83 bits per heavy atom. The second-order valence-corrected chi connectivity index (χ2v) is 13.3. The number of piperidine rings is 1. The van der Waals surface area contributed by atoms with E-state index in [1.807, 2.05) is 18.7 Å². The second kappa shape index (κ2) is 12.3. The average molecular weight is 662 g/mol. The van der Waals surface area contributed by atoms with Gasteiger partial charge in [0.25, 0.3) is 0 Å². The highest BCUT2D eigenvalue weighted by Gasteiger charge is 2.42. The van der Waals surface area contributed by atoms with Crippen molar-refractivity contribution in [3.63, 3.8) is 0 Å². The van der Waals surface area contributed by atoms with Gasteiger partial charge in [-0.1, -0.05) is 13.8 Å². The largest absolute Gasteiger partial charge is 0.463 e. The van der Waals surface area contributed by atoms with Crippen molar-refractivity contribution in [1.82, 2.24) is 20.2 Å². The number of ether oxygens (including phenoxy) is 1. The van der Waals surface area contributed by atoms with Crippen LogP contribution in [0.5, 0.6) is 6.01 Å². The zero-order valence-electron chi connectivity index (χ0n) is 26.4. The van der Waals surface area contributed by atoms with Crippen molar-refractivity contribution >= 4 is 22.4 Å². The minimum atomic E-state index is -5.06. The Kier molecular flexibility index (Phi) is 8.67. The molecule has 47 heavy (non-hydrogen) atoms. The highest BCUT2D eigenvalue weighted by Crippen LogP contribution is 2.46. The molecule has 4 heterocycles. The van der Waals surface area contributed by atoms with Crippen LogP contribution in [0.15, 0.2) is 12.1 Å². The summed E-state index contributed by atoms with van der Waals surface area (Å²) in [5, 5.41) is 13.3. The van der Waals surface area contributed by atoms with E-state index in [0.29, 0.717) is 26.1 Å². The lowest BCUT2D eigenvalue weighted by molar-refractivity contribution is -0.137. The molecule has 3 aliphatic heterocycles. The van der Waals surface area contributed by atoms with Crippen LogP contribution in [0.4, 0.5) is 37.8 Å². The normalized spacial score (nSPS) is 24.9. The number of benzene rings is 2. The number of nitrogen functional groups attached to an aromatic ring is 1. The monoisotopic (exact) mass is 661 g/mol. The Hall–Kier alpha value is -3.83. The lowest BCUT2D eigenvalue weighted by Gasteiger charge is -2.44. The number of hydrogen-bond donors (Lipinski definition) is 2. The predicted molar refractivity (Wildman–Crippen MR) is 166 cm³/mol. The molecule has 14 heteroatoms. The first-order chi connectivity index (χ1) is 22.3. The van der Waals surface area contributed by atoms with Crippen molar-refractivity contribution in [3.05, 3.63) is 40.5 Å². The summed E-state index contributed by atoms with van der Waals surface area (Å²) in [6, 6.07) is 3.46. The Bertz CT molecular complexity index is 1730. The van der Waals surface area contributed by atoms with Gasteiger partial charge in [-0.05, 0) is 62.9 Å². The number of aromatic nitrogens is 2. The number of likely N-dealkylation sites (tertiary alicyclic amines) is 1. The van der Waals surface area contributed by atoms with E-state index in [-0.39, 0.29) is 47.5 Å². The number of fused-ring (bicyclic) bond motifs is 3. The van der Waals surface area contributed by atoms with Crippen molar-refractivity contribution < 1.29 is 31.1 Å². The Morgan fingerprint density at radius 3 is 2.45 bits per heavy atom. The molecule has 2 bridgehead atoms. The fraction of sp³-hybridized carbons (Fsp3) is 0.545. The van der Waals surface area contributed by atoms with Gasteiger partial charge in [0.2, 0.25) is 0 Å². The number of aryl methyl sites for hydroxylation is 1. The molecule has 3 aromatic rings. The summed E-state index contributed by atoms with van der Waals surface area (Å²) in [4.78, 5) is 13.0. The van der Waals surface area contributed by atoms with E-state index >= 15 is 8.78 Å². The number of rotatable bonds is 7. The average Bonchev–Trinajstić information content (AvgIpc) is 3.36. The van der Waals surface area contributed by atoms with Crippen molar-refractivity contribution in [3.8, 4) is 23.2 Å². The van der Waals surface area contributed by atoms with Gasteiger partial charge in [0.15, 0.2) is 5.82 Å². The summed E-state index contributed by atoms with van der Waals surface area (Å²) in [5.41, 5.74) is -0.0465. The Labute approximate surface area is 268 Å². The first kappa shape index (κ1) is 33.1. The molecule has 252 valence electrons. The van der Waals surface area contributed by atoms with E-state index in [9.17, 15) is 22.8 Å². The van der Waals surface area contributed by atoms with Gasteiger partial charge in [0.05, 0.1) is 35.7 Å². The van der Waals surface area contributed by atoms with Crippen LogP contribution < -0.4 is 20.7 Å². The van der Waals surface area contributed by atoms with E-state index < -0.39 is 63.2 Å². The minimum Gasteiger partial charge on any atom is -0.463 e. The Balaban J connectivity index is 1.54. The molecule has 0 aliphatic carbocycles. The lowest BCUT2D eigenvalue weighted by Crippen LogP contribution is -2.51. The van der Waals surface area contributed by atoms with Crippen molar-refractivity contribution in [2.75, 3.05) is 56.6 Å². The molecule has 4 atom stereocenters. The number of hydrogen-bond acceptors (Lipinski definition) is 8. The molecule has 0 spiro atoms. The Morgan fingerprint density at radius 1 is 1.13 bits per heavy atom. The predicted octanol–water partition coefficient (Wildman–Crippen LogP) is 5.99. The van der Waals surface area contributed by atoms with Crippen molar-refractivity contribution in [1.29, 1.82) is 5.26 Å². The van der Waals surface area contributed by atoms with E-state index in [1.54, 1.807) is 6.07 Å². The molecule has 3 N–H and O–H groups in total. The lowest BCUT2D eigenvalue weighted by atomic mass is 9.73. The van der Waals surface area contributed by atoms with Crippen LogP contribution in [0, 0.1) is 41.2 Å².